The number of amides is 1. The number of benzene rings is 2. The number of carboxylic acids is 1. The Labute approximate surface area is 241 Å². The van der Waals surface area contributed by atoms with Gasteiger partial charge in [0.15, 0.2) is 0 Å². The number of aryl methyl sites for hydroxylation is 1. The van der Waals surface area contributed by atoms with E-state index in [1.807, 2.05) is 30.6 Å². The molecule has 2 aromatic heterocycles. The van der Waals surface area contributed by atoms with E-state index < -0.39 is 18.1 Å². The zero-order valence-electron chi connectivity index (χ0n) is 23.8. The topological polar surface area (TPSA) is 101 Å². The summed E-state index contributed by atoms with van der Waals surface area (Å²) in [4.78, 5) is 40.6. The predicted octanol–water partition coefficient (Wildman–Crippen LogP) is 7.47. The van der Waals surface area contributed by atoms with Crippen molar-refractivity contribution in [1.82, 2.24) is 9.55 Å². The molecule has 0 aliphatic carbocycles. The summed E-state index contributed by atoms with van der Waals surface area (Å²) in [5.74, 6) is -1.49. The number of carbonyl (C=O) groups excluding carboxylic acids is 1. The number of aromatic nitrogens is 2. The average Bonchev–Trinajstić information content (AvgIpc) is 2.97. The molecule has 214 valence electrons. The van der Waals surface area contributed by atoms with Gasteiger partial charge in [-0.15, -0.1) is 0 Å². The zero-order chi connectivity index (χ0) is 29.0. The summed E-state index contributed by atoms with van der Waals surface area (Å²) >= 11 is 0. The summed E-state index contributed by atoms with van der Waals surface area (Å²) in [5, 5.41) is 14.0. The second-order valence-electron chi connectivity index (χ2n) is 10.6. The third-order valence-electron chi connectivity index (χ3n) is 7.43. The summed E-state index contributed by atoms with van der Waals surface area (Å²) in [6.45, 7) is 1.77. The molecule has 0 saturated carbocycles. The summed E-state index contributed by atoms with van der Waals surface area (Å²) in [6, 6.07) is 16.4. The highest BCUT2D eigenvalue weighted by Crippen LogP contribution is 2.31. The van der Waals surface area contributed by atoms with Crippen LogP contribution < -0.4 is 10.9 Å². The molecule has 0 atom stereocenters. The van der Waals surface area contributed by atoms with Gasteiger partial charge in [0, 0.05) is 41.2 Å². The minimum absolute atomic E-state index is 0.342. The standard InChI is InChI=1S/C34H39N3O4/c1-2-3-4-5-6-7-8-9-10-13-25-14-12-17-29-30(25)21-35-22-31(29)26-15-11-16-27(20-26)34(41)36-28-18-19-32(38)37(23-28)24-33(39)40/h11-12,14-23H,2-10,13,24H2,1H3,(H,36,41)(H,39,40). The maximum Gasteiger partial charge on any atom is 0.323 e. The van der Waals surface area contributed by atoms with Crippen molar-refractivity contribution in [3.63, 3.8) is 0 Å². The third kappa shape index (κ3) is 8.37. The molecule has 0 saturated heterocycles. The molecule has 0 fully saturated rings. The predicted molar refractivity (Wildman–Crippen MR) is 164 cm³/mol. The van der Waals surface area contributed by atoms with Gasteiger partial charge in [0.05, 0.1) is 5.69 Å². The van der Waals surface area contributed by atoms with Crippen molar-refractivity contribution in [1.29, 1.82) is 0 Å². The Morgan fingerprint density at radius 3 is 2.34 bits per heavy atom. The van der Waals surface area contributed by atoms with Crippen LogP contribution in [0.2, 0.25) is 0 Å². The monoisotopic (exact) mass is 553 g/mol. The lowest BCUT2D eigenvalue weighted by molar-refractivity contribution is -0.137. The molecule has 0 aliphatic heterocycles. The largest absolute Gasteiger partial charge is 0.480 e. The highest BCUT2D eigenvalue weighted by atomic mass is 16.4. The van der Waals surface area contributed by atoms with Crippen LogP contribution in [0, 0.1) is 0 Å². The number of carboxylic acid groups (broad SMARTS) is 1. The molecule has 0 aliphatic rings. The van der Waals surface area contributed by atoms with Gasteiger partial charge in [0.2, 0.25) is 0 Å². The molecule has 1 amide bonds. The number of hydrogen-bond donors (Lipinski definition) is 2. The van der Waals surface area contributed by atoms with Crippen molar-refractivity contribution < 1.29 is 14.7 Å². The van der Waals surface area contributed by atoms with E-state index in [9.17, 15) is 14.4 Å². The van der Waals surface area contributed by atoms with Gasteiger partial charge in [0.25, 0.3) is 11.5 Å². The fourth-order valence-corrected chi connectivity index (χ4v) is 5.24. The first-order valence-electron chi connectivity index (χ1n) is 14.7. The number of nitrogens with zero attached hydrogens (tertiary/aromatic N) is 2. The van der Waals surface area contributed by atoms with Crippen LogP contribution in [0.5, 0.6) is 0 Å². The van der Waals surface area contributed by atoms with E-state index in [-0.39, 0.29) is 5.91 Å². The number of fused-ring (bicyclic) bond motifs is 1. The molecule has 7 heteroatoms. The highest BCUT2D eigenvalue weighted by molar-refractivity contribution is 6.06. The molecule has 0 unspecified atom stereocenters. The van der Waals surface area contributed by atoms with Crippen LogP contribution in [-0.4, -0.2) is 26.5 Å². The number of unbranched alkanes of at least 4 members (excludes halogenated alkanes) is 8. The first-order chi connectivity index (χ1) is 20.0. The Morgan fingerprint density at radius 1 is 0.854 bits per heavy atom. The van der Waals surface area contributed by atoms with Crippen molar-refractivity contribution in [2.75, 3.05) is 5.32 Å². The van der Waals surface area contributed by atoms with Crippen LogP contribution in [0.1, 0.15) is 80.6 Å². The SMILES string of the molecule is CCCCCCCCCCCc1cccc2c(-c3cccc(C(=O)Nc4ccc(=O)n(CC(=O)O)c4)c3)cncc12. The van der Waals surface area contributed by atoms with Crippen LogP contribution in [0.4, 0.5) is 5.69 Å². The molecular weight excluding hydrogens is 514 g/mol. The molecule has 0 spiro atoms. The quantitative estimate of drug-likeness (QED) is 0.149. The van der Waals surface area contributed by atoms with Crippen LogP contribution in [-0.2, 0) is 17.8 Å². The molecule has 7 nitrogen and oxygen atoms in total. The highest BCUT2D eigenvalue weighted by Gasteiger charge is 2.12. The van der Waals surface area contributed by atoms with Gasteiger partial charge in [-0.3, -0.25) is 19.4 Å². The number of hydrogen-bond acceptors (Lipinski definition) is 4. The second kappa shape index (κ2) is 14.9. The third-order valence-corrected chi connectivity index (χ3v) is 7.43. The number of nitrogens with one attached hydrogen (secondary N) is 1. The fourth-order valence-electron chi connectivity index (χ4n) is 5.24. The minimum atomic E-state index is -1.14. The zero-order valence-corrected chi connectivity index (χ0v) is 23.8. The molecule has 0 bridgehead atoms. The lowest BCUT2D eigenvalue weighted by Gasteiger charge is -2.12. The Bertz CT molecular complexity index is 1540. The number of aliphatic carboxylic acids is 1. The van der Waals surface area contributed by atoms with E-state index in [1.54, 1.807) is 6.07 Å². The molecular formula is C34H39N3O4. The Kier molecular flexibility index (Phi) is 10.8. The van der Waals surface area contributed by atoms with Gasteiger partial charge in [-0.25, -0.2) is 0 Å². The maximum absolute atomic E-state index is 13.1. The van der Waals surface area contributed by atoms with Crippen molar-refractivity contribution in [3.8, 4) is 11.1 Å². The van der Waals surface area contributed by atoms with Crippen molar-refractivity contribution in [3.05, 3.63) is 94.7 Å². The number of rotatable bonds is 15. The molecule has 0 radical (unpaired) electrons. The maximum atomic E-state index is 13.1. The smallest absolute Gasteiger partial charge is 0.323 e. The normalized spacial score (nSPS) is 11.0. The number of carbonyl (C=O) groups is 2. The number of anilines is 1. The lowest BCUT2D eigenvalue weighted by atomic mass is 9.95. The van der Waals surface area contributed by atoms with Crippen molar-refractivity contribution >= 4 is 28.3 Å². The molecule has 2 heterocycles. The Balaban J connectivity index is 1.44. The molecule has 4 rings (SSSR count). The van der Waals surface area contributed by atoms with Gasteiger partial charge in [0.1, 0.15) is 6.54 Å². The number of pyridine rings is 2. The van der Waals surface area contributed by atoms with Crippen LogP contribution in [0.15, 0.2) is 78.0 Å². The van der Waals surface area contributed by atoms with Gasteiger partial charge in [-0.1, -0.05) is 88.6 Å². The van der Waals surface area contributed by atoms with E-state index in [1.165, 1.54) is 75.3 Å². The molecule has 4 aromatic rings. The average molecular weight is 554 g/mol. The van der Waals surface area contributed by atoms with Crippen molar-refractivity contribution in [2.45, 2.75) is 77.7 Å². The molecule has 41 heavy (non-hydrogen) atoms. The molecule has 2 N–H and O–H groups in total. The summed E-state index contributed by atoms with van der Waals surface area (Å²) in [7, 11) is 0. The van der Waals surface area contributed by atoms with E-state index in [0.717, 1.165) is 39.3 Å². The summed E-state index contributed by atoms with van der Waals surface area (Å²) in [6.07, 6.45) is 17.8. The first kappa shape index (κ1) is 29.7. The second-order valence-corrected chi connectivity index (χ2v) is 10.6. The van der Waals surface area contributed by atoms with Crippen LogP contribution in [0.3, 0.4) is 0 Å². The lowest BCUT2D eigenvalue weighted by Crippen LogP contribution is -2.24. The summed E-state index contributed by atoms with van der Waals surface area (Å²) in [5.41, 5.74) is 3.47. The van der Waals surface area contributed by atoms with Crippen molar-refractivity contribution in [2.24, 2.45) is 0 Å². The van der Waals surface area contributed by atoms with E-state index in [2.05, 4.69) is 35.4 Å². The molecule has 2 aromatic carbocycles. The Morgan fingerprint density at radius 2 is 1.59 bits per heavy atom. The van der Waals surface area contributed by atoms with Crippen LogP contribution >= 0.6 is 0 Å². The van der Waals surface area contributed by atoms with Crippen LogP contribution in [0.25, 0.3) is 21.9 Å². The Hall–Kier alpha value is -4.26. The minimum Gasteiger partial charge on any atom is -0.480 e. The fraction of sp³-hybridized carbons (Fsp3) is 0.353. The first-order valence-corrected chi connectivity index (χ1v) is 14.7. The van der Waals surface area contributed by atoms with Gasteiger partial charge >= 0.3 is 5.97 Å². The van der Waals surface area contributed by atoms with Gasteiger partial charge in [-0.2, -0.15) is 0 Å². The summed E-state index contributed by atoms with van der Waals surface area (Å²) < 4.78 is 1.04. The van der Waals surface area contributed by atoms with E-state index in [4.69, 9.17) is 5.11 Å². The van der Waals surface area contributed by atoms with E-state index >= 15 is 0 Å². The van der Waals surface area contributed by atoms with Gasteiger partial charge < -0.3 is 15.0 Å². The van der Waals surface area contributed by atoms with Gasteiger partial charge in [-0.05, 0) is 47.6 Å². The van der Waals surface area contributed by atoms with E-state index in [0.29, 0.717) is 11.3 Å².